The maximum atomic E-state index is 13.5. The van der Waals surface area contributed by atoms with E-state index in [0.717, 1.165) is 32.6 Å². The van der Waals surface area contributed by atoms with E-state index in [1.54, 1.807) is 13.1 Å². The Morgan fingerprint density at radius 3 is 2.82 bits per heavy atom. The van der Waals surface area contributed by atoms with Gasteiger partial charge in [-0.3, -0.25) is 9.69 Å². The highest BCUT2D eigenvalue weighted by Gasteiger charge is 2.48. The highest BCUT2D eigenvalue weighted by molar-refractivity contribution is 7.10. The Balaban J connectivity index is 1.65. The number of likely N-dealkylation sites (N-methyl/N-ethyl adjacent to an activating group) is 1. The highest BCUT2D eigenvalue weighted by atomic mass is 32.1. The third-order valence-corrected chi connectivity index (χ3v) is 7.42. The maximum Gasteiger partial charge on any atom is 0.239 e. The fourth-order valence-electron chi connectivity index (χ4n) is 4.37. The normalized spacial score (nSPS) is 20.7. The summed E-state index contributed by atoms with van der Waals surface area (Å²) >= 11 is 1.52. The number of rotatable bonds is 3. The van der Waals surface area contributed by atoms with Gasteiger partial charge in [0.2, 0.25) is 5.91 Å². The van der Waals surface area contributed by atoms with E-state index in [1.165, 1.54) is 16.2 Å². The number of fused-ring (bicyclic) bond motifs is 1. The molecule has 0 fully saturated rings. The summed E-state index contributed by atoms with van der Waals surface area (Å²) in [6.45, 7) is 3.82. The van der Waals surface area contributed by atoms with Crippen molar-refractivity contribution in [3.63, 3.8) is 0 Å². The minimum Gasteiger partial charge on any atom is -0.369 e. The molecule has 33 heavy (non-hydrogen) atoms. The predicted molar refractivity (Wildman–Crippen MR) is 128 cm³/mol. The van der Waals surface area contributed by atoms with Crippen LogP contribution < -0.4 is 5.73 Å². The second kappa shape index (κ2) is 7.57. The summed E-state index contributed by atoms with van der Waals surface area (Å²) in [5, 5.41) is 16.2. The van der Waals surface area contributed by atoms with Crippen LogP contribution in [-0.2, 0) is 10.3 Å². The fraction of sp³-hybridized carbons (Fsp3) is 0.200. The van der Waals surface area contributed by atoms with Crippen LogP contribution in [-0.4, -0.2) is 29.0 Å². The van der Waals surface area contributed by atoms with Crippen LogP contribution in [0.2, 0.25) is 0 Å². The number of nitrogens with zero attached hydrogens (tertiary/aromatic N) is 4. The van der Waals surface area contributed by atoms with Crippen LogP contribution in [0, 0.1) is 18.3 Å². The maximum absolute atomic E-state index is 13.5. The van der Waals surface area contributed by atoms with Crippen molar-refractivity contribution in [3.05, 3.63) is 75.6 Å². The van der Waals surface area contributed by atoms with Crippen LogP contribution in [0.5, 0.6) is 0 Å². The Hall–Kier alpha value is -3.96. The molecule has 3 heterocycles. The van der Waals surface area contributed by atoms with Crippen molar-refractivity contribution in [2.24, 2.45) is 10.7 Å². The molecule has 0 aliphatic carbocycles. The molecule has 0 radical (unpaired) electrons. The Kier molecular flexibility index (Phi) is 4.80. The van der Waals surface area contributed by atoms with Crippen LogP contribution in [0.1, 0.15) is 34.5 Å². The number of hydrogen-bond donors (Lipinski definition) is 1. The molecule has 1 aliphatic heterocycles. The van der Waals surface area contributed by atoms with E-state index in [-0.39, 0.29) is 11.9 Å². The molecule has 2 aromatic carbocycles. The number of benzene rings is 2. The molecule has 2 N–H and O–H groups in total. The SMILES string of the molecule is Cc1noc2cc([C@H]3C(=O)N(C)C(N)=N[C@]3(C)c3cc(-c4cccc(C#N)c4)cs3)ccc12. The van der Waals surface area contributed by atoms with Crippen molar-refractivity contribution in [3.8, 4) is 17.2 Å². The summed E-state index contributed by atoms with van der Waals surface area (Å²) in [5.41, 5.74) is 9.97. The zero-order valence-electron chi connectivity index (χ0n) is 18.4. The smallest absolute Gasteiger partial charge is 0.239 e. The number of aromatic nitrogens is 1. The minimum atomic E-state index is -0.911. The molecule has 0 unspecified atom stereocenters. The van der Waals surface area contributed by atoms with Gasteiger partial charge in [-0.1, -0.05) is 23.4 Å². The number of nitriles is 1. The Morgan fingerprint density at radius 1 is 1.21 bits per heavy atom. The van der Waals surface area contributed by atoms with E-state index >= 15 is 0 Å². The van der Waals surface area contributed by atoms with Gasteiger partial charge in [0, 0.05) is 17.3 Å². The van der Waals surface area contributed by atoms with Gasteiger partial charge >= 0.3 is 0 Å². The lowest BCUT2D eigenvalue weighted by Gasteiger charge is -2.40. The molecule has 7 nitrogen and oxygen atoms in total. The molecule has 2 aromatic heterocycles. The first-order chi connectivity index (χ1) is 15.8. The summed E-state index contributed by atoms with van der Waals surface area (Å²) in [4.78, 5) is 20.6. The van der Waals surface area contributed by atoms with Gasteiger partial charge in [0.05, 0.1) is 23.2 Å². The van der Waals surface area contributed by atoms with Crippen molar-refractivity contribution in [2.45, 2.75) is 25.3 Å². The highest BCUT2D eigenvalue weighted by Crippen LogP contribution is 2.47. The molecule has 2 atom stereocenters. The number of aryl methyl sites for hydroxylation is 1. The third kappa shape index (κ3) is 3.29. The number of hydrogen-bond acceptors (Lipinski definition) is 7. The Morgan fingerprint density at radius 2 is 2.03 bits per heavy atom. The van der Waals surface area contributed by atoms with Crippen LogP contribution in [0.25, 0.3) is 22.1 Å². The van der Waals surface area contributed by atoms with Crippen LogP contribution >= 0.6 is 11.3 Å². The summed E-state index contributed by atoms with van der Waals surface area (Å²) < 4.78 is 5.46. The number of nitrogens with two attached hydrogens (primary N) is 1. The van der Waals surface area contributed by atoms with E-state index in [9.17, 15) is 10.1 Å². The molecule has 0 bridgehead atoms. The zero-order valence-corrected chi connectivity index (χ0v) is 19.2. The standard InChI is InChI=1S/C25H21N5O2S/c1-14-19-8-7-17(10-20(19)32-29-14)22-23(31)30(3)24(27)28-25(22,2)21-11-18(13-33-21)16-6-4-5-15(9-16)12-26/h4-11,13,22H,1-3H3,(H2,27,28)/t22-,25+/m0/s1. The largest absolute Gasteiger partial charge is 0.369 e. The summed E-state index contributed by atoms with van der Waals surface area (Å²) in [6, 6.07) is 17.4. The minimum absolute atomic E-state index is 0.137. The lowest BCUT2D eigenvalue weighted by atomic mass is 9.77. The molecular formula is C25H21N5O2S. The first-order valence-corrected chi connectivity index (χ1v) is 11.3. The first kappa shape index (κ1) is 20.9. The van der Waals surface area contributed by atoms with Crippen LogP contribution in [0.15, 0.2) is 63.4 Å². The Bertz CT molecular complexity index is 1480. The van der Waals surface area contributed by atoms with Crippen molar-refractivity contribution in [2.75, 3.05) is 7.05 Å². The van der Waals surface area contributed by atoms with Crippen LogP contribution in [0.3, 0.4) is 0 Å². The van der Waals surface area contributed by atoms with Gasteiger partial charge in [0.15, 0.2) is 11.5 Å². The number of guanidine groups is 1. The van der Waals surface area contributed by atoms with E-state index in [4.69, 9.17) is 15.2 Å². The molecule has 8 heteroatoms. The lowest BCUT2D eigenvalue weighted by Crippen LogP contribution is -2.52. The topological polar surface area (TPSA) is 109 Å². The van der Waals surface area contributed by atoms with Gasteiger partial charge in [-0.2, -0.15) is 5.26 Å². The second-order valence-electron chi connectivity index (χ2n) is 8.36. The fourth-order valence-corrected chi connectivity index (χ4v) is 5.43. The molecule has 1 amide bonds. The summed E-state index contributed by atoms with van der Waals surface area (Å²) in [6.07, 6.45) is 0. The molecule has 1 aliphatic rings. The van der Waals surface area contributed by atoms with E-state index in [2.05, 4.69) is 11.2 Å². The van der Waals surface area contributed by atoms with Gasteiger partial charge in [-0.15, -0.1) is 11.3 Å². The van der Waals surface area contributed by atoms with Crippen molar-refractivity contribution >= 4 is 34.2 Å². The van der Waals surface area contributed by atoms with Gasteiger partial charge in [-0.25, -0.2) is 4.99 Å². The van der Waals surface area contributed by atoms with Gasteiger partial charge in [0.1, 0.15) is 5.54 Å². The molecule has 0 saturated heterocycles. The van der Waals surface area contributed by atoms with Crippen molar-refractivity contribution < 1.29 is 9.32 Å². The molecular weight excluding hydrogens is 434 g/mol. The average Bonchev–Trinajstić information content (AvgIpc) is 3.45. The average molecular weight is 456 g/mol. The molecule has 0 spiro atoms. The lowest BCUT2D eigenvalue weighted by molar-refractivity contribution is -0.130. The number of aliphatic imine (C=N–C) groups is 1. The first-order valence-electron chi connectivity index (χ1n) is 10.4. The van der Waals surface area contributed by atoms with Gasteiger partial charge < -0.3 is 10.3 Å². The molecule has 4 aromatic rings. The Labute approximate surface area is 194 Å². The number of amides is 1. The second-order valence-corrected chi connectivity index (χ2v) is 9.27. The molecule has 164 valence electrons. The monoisotopic (exact) mass is 455 g/mol. The quantitative estimate of drug-likeness (QED) is 0.488. The van der Waals surface area contributed by atoms with Crippen LogP contribution in [0.4, 0.5) is 0 Å². The van der Waals surface area contributed by atoms with Crippen molar-refractivity contribution in [1.82, 2.24) is 10.1 Å². The zero-order chi connectivity index (χ0) is 23.3. The number of carbonyl (C=O) groups is 1. The molecule has 0 saturated carbocycles. The third-order valence-electron chi connectivity index (χ3n) is 6.26. The molecule has 5 rings (SSSR count). The summed E-state index contributed by atoms with van der Waals surface area (Å²) in [7, 11) is 1.64. The predicted octanol–water partition coefficient (Wildman–Crippen LogP) is 4.52. The van der Waals surface area contributed by atoms with E-state index in [1.807, 2.05) is 61.7 Å². The van der Waals surface area contributed by atoms with E-state index < -0.39 is 11.5 Å². The van der Waals surface area contributed by atoms with Gasteiger partial charge in [-0.05, 0) is 66.2 Å². The number of thiophene rings is 1. The number of carbonyl (C=O) groups excluding carboxylic acids is 1. The van der Waals surface area contributed by atoms with Gasteiger partial charge in [0.25, 0.3) is 0 Å². The van der Waals surface area contributed by atoms with E-state index in [0.29, 0.717) is 11.1 Å². The van der Waals surface area contributed by atoms with Crippen molar-refractivity contribution in [1.29, 1.82) is 5.26 Å². The summed E-state index contributed by atoms with van der Waals surface area (Å²) in [5.74, 6) is -0.555.